The van der Waals surface area contributed by atoms with Crippen molar-refractivity contribution in [2.75, 3.05) is 58.9 Å². The number of likely N-dealkylation sites (tertiary alicyclic amines) is 1. The van der Waals surface area contributed by atoms with Crippen LogP contribution in [-0.4, -0.2) is 97.5 Å². The molecule has 2 fully saturated rings. The summed E-state index contributed by atoms with van der Waals surface area (Å²) in [4.78, 5) is 45.7. The van der Waals surface area contributed by atoms with Crippen LogP contribution in [0.5, 0.6) is 0 Å². The summed E-state index contributed by atoms with van der Waals surface area (Å²) in [5, 5.41) is 5.41. The van der Waals surface area contributed by atoms with Gasteiger partial charge in [0.05, 0.1) is 38.0 Å². The van der Waals surface area contributed by atoms with E-state index in [1.165, 1.54) is 13.2 Å². The monoisotopic (exact) mass is 657 g/mol. The van der Waals surface area contributed by atoms with Gasteiger partial charge in [-0.05, 0) is 87.4 Å². The van der Waals surface area contributed by atoms with Crippen molar-refractivity contribution < 1.29 is 23.9 Å². The second kappa shape index (κ2) is 16.4. The number of rotatable bonds is 12. The molecule has 2 heterocycles. The van der Waals surface area contributed by atoms with Crippen molar-refractivity contribution in [3.05, 3.63) is 65.9 Å². The van der Waals surface area contributed by atoms with E-state index in [0.717, 1.165) is 66.4 Å². The van der Waals surface area contributed by atoms with Gasteiger partial charge in [0.2, 0.25) is 11.8 Å². The van der Waals surface area contributed by atoms with Crippen LogP contribution in [0.2, 0.25) is 0 Å². The van der Waals surface area contributed by atoms with E-state index in [4.69, 9.17) is 9.47 Å². The summed E-state index contributed by atoms with van der Waals surface area (Å²) >= 11 is 0. The Morgan fingerprint density at radius 2 is 1.81 bits per heavy atom. The molecule has 10 nitrogen and oxygen atoms in total. The maximum atomic E-state index is 14.3. The minimum Gasteiger partial charge on any atom is -0.466 e. The highest BCUT2D eigenvalue weighted by atomic mass is 16.5. The largest absolute Gasteiger partial charge is 0.466 e. The number of fused-ring (bicyclic) bond motifs is 1. The van der Waals surface area contributed by atoms with Gasteiger partial charge >= 0.3 is 5.97 Å². The first-order chi connectivity index (χ1) is 23.1. The van der Waals surface area contributed by atoms with Gasteiger partial charge in [0, 0.05) is 56.3 Å². The molecule has 258 valence electrons. The number of ether oxygens (including phenoxy) is 2. The molecule has 1 aliphatic heterocycles. The minimum absolute atomic E-state index is 0.0698. The summed E-state index contributed by atoms with van der Waals surface area (Å²) in [6, 6.07) is 13.8. The van der Waals surface area contributed by atoms with Gasteiger partial charge in [0.25, 0.3) is 0 Å². The molecule has 0 bridgehead atoms. The maximum Gasteiger partial charge on any atom is 0.330 e. The Balaban J connectivity index is 1.27. The number of anilines is 1. The highest BCUT2D eigenvalue weighted by Gasteiger charge is 2.35. The van der Waals surface area contributed by atoms with Gasteiger partial charge in [-0.3, -0.25) is 14.3 Å². The second-order valence-corrected chi connectivity index (χ2v) is 13.7. The molecular weight excluding hydrogens is 606 g/mol. The molecule has 0 radical (unpaired) electrons. The van der Waals surface area contributed by atoms with Crippen LogP contribution in [0.4, 0.5) is 5.69 Å². The predicted molar refractivity (Wildman–Crippen MR) is 188 cm³/mol. The average Bonchev–Trinajstić information content (AvgIpc) is 3.47. The fourth-order valence-corrected chi connectivity index (χ4v) is 7.11. The number of piperidine rings is 1. The highest BCUT2D eigenvalue weighted by molar-refractivity contribution is 5.96. The van der Waals surface area contributed by atoms with E-state index in [9.17, 15) is 14.4 Å². The number of hydrogen-bond donors (Lipinski definition) is 0. The SMILES string of the molecule is COC(=O)/C=C/c1cccc(N(CC2CCN(C(=O)Cc3cccc4cnn(C)c34)CC2C)C(=O)C2CCC(OCCN(C)C)CC2)c1. The van der Waals surface area contributed by atoms with Crippen LogP contribution in [0.25, 0.3) is 17.0 Å². The van der Waals surface area contributed by atoms with Gasteiger partial charge in [-0.15, -0.1) is 0 Å². The van der Waals surface area contributed by atoms with Crippen LogP contribution < -0.4 is 4.90 Å². The third-order valence-electron chi connectivity index (χ3n) is 10.0. The van der Waals surface area contributed by atoms with Crippen molar-refractivity contribution in [2.45, 2.75) is 51.6 Å². The number of carbonyl (C=O) groups excluding carboxylic acids is 3. The number of likely N-dealkylation sites (N-methyl/N-ethyl adjacent to an activating group) is 1. The number of amides is 2. The predicted octanol–water partition coefficient (Wildman–Crippen LogP) is 4.96. The fraction of sp³-hybridized carbons (Fsp3) is 0.526. The minimum atomic E-state index is -0.426. The Hall–Kier alpha value is -4.02. The third kappa shape index (κ3) is 8.90. The molecule has 2 aliphatic rings. The van der Waals surface area contributed by atoms with E-state index >= 15 is 0 Å². The van der Waals surface area contributed by atoms with Crippen LogP contribution in [0.15, 0.2) is 54.7 Å². The first kappa shape index (κ1) is 35.3. The number of carbonyl (C=O) groups is 3. The van der Waals surface area contributed by atoms with E-state index in [2.05, 4.69) is 16.9 Å². The number of methoxy groups -OCH3 is 1. The topological polar surface area (TPSA) is 97.2 Å². The molecule has 2 aromatic carbocycles. The number of aryl methyl sites for hydroxylation is 1. The zero-order valence-electron chi connectivity index (χ0n) is 29.1. The van der Waals surface area contributed by atoms with Gasteiger partial charge in [-0.1, -0.05) is 37.3 Å². The van der Waals surface area contributed by atoms with Gasteiger partial charge in [-0.2, -0.15) is 5.10 Å². The molecule has 1 saturated carbocycles. The van der Waals surface area contributed by atoms with Gasteiger partial charge in [-0.25, -0.2) is 4.79 Å². The number of esters is 1. The lowest BCUT2D eigenvalue weighted by molar-refractivity contribution is -0.135. The Morgan fingerprint density at radius 1 is 1.04 bits per heavy atom. The zero-order chi connectivity index (χ0) is 34.2. The second-order valence-electron chi connectivity index (χ2n) is 13.7. The number of para-hydroxylation sites is 1. The Kier molecular flexibility index (Phi) is 12.1. The number of aromatic nitrogens is 2. The molecular formula is C38H51N5O5. The van der Waals surface area contributed by atoms with E-state index in [0.29, 0.717) is 32.7 Å². The van der Waals surface area contributed by atoms with E-state index < -0.39 is 5.97 Å². The van der Waals surface area contributed by atoms with Crippen molar-refractivity contribution in [1.29, 1.82) is 0 Å². The molecule has 1 saturated heterocycles. The normalized spacial score (nSPS) is 21.6. The molecule has 1 aliphatic carbocycles. The molecule has 2 amide bonds. The molecule has 48 heavy (non-hydrogen) atoms. The quantitative estimate of drug-likeness (QED) is 0.201. The third-order valence-corrected chi connectivity index (χ3v) is 10.0. The molecule has 0 N–H and O–H groups in total. The van der Waals surface area contributed by atoms with Crippen molar-refractivity contribution in [2.24, 2.45) is 24.8 Å². The van der Waals surface area contributed by atoms with E-state index in [-0.39, 0.29) is 35.7 Å². The van der Waals surface area contributed by atoms with Crippen LogP contribution in [0.3, 0.4) is 0 Å². The lowest BCUT2D eigenvalue weighted by Gasteiger charge is -2.40. The summed E-state index contributed by atoms with van der Waals surface area (Å²) in [5.74, 6) is 0.222. The van der Waals surface area contributed by atoms with Crippen molar-refractivity contribution >= 4 is 40.4 Å². The number of benzene rings is 2. The Bertz CT molecular complexity index is 1590. The maximum absolute atomic E-state index is 14.3. The smallest absolute Gasteiger partial charge is 0.330 e. The molecule has 2 unspecified atom stereocenters. The molecule has 2 atom stereocenters. The summed E-state index contributed by atoms with van der Waals surface area (Å²) in [6.07, 6.45) is 9.66. The molecule has 1 aromatic heterocycles. The molecule has 10 heteroatoms. The summed E-state index contributed by atoms with van der Waals surface area (Å²) in [6.45, 7) is 5.68. The van der Waals surface area contributed by atoms with Crippen LogP contribution in [0.1, 0.15) is 50.2 Å². The molecule has 0 spiro atoms. The lowest BCUT2D eigenvalue weighted by Crippen LogP contribution is -2.48. The first-order valence-corrected chi connectivity index (χ1v) is 17.2. The molecule has 5 rings (SSSR count). The van der Waals surface area contributed by atoms with Crippen molar-refractivity contribution in [3.8, 4) is 0 Å². The highest BCUT2D eigenvalue weighted by Crippen LogP contribution is 2.33. The first-order valence-electron chi connectivity index (χ1n) is 17.2. The Morgan fingerprint density at radius 3 is 2.54 bits per heavy atom. The standard InChI is InChI=1S/C38H51N5O5/c1-27-25-42(35(44)23-30-9-7-10-31-24-39-41(4)37(30)31)19-18-32(27)26-43(33-11-6-8-28(22-33)12-17-36(45)47-5)38(46)29-13-15-34(16-14-29)48-21-20-40(2)3/h6-12,17,22,24,27,29,32,34H,13-16,18-21,23,25-26H2,1-5H3/b17-12+. The summed E-state index contributed by atoms with van der Waals surface area (Å²) < 4.78 is 12.7. The van der Waals surface area contributed by atoms with Crippen LogP contribution >= 0.6 is 0 Å². The lowest BCUT2D eigenvalue weighted by atomic mass is 9.84. The van der Waals surface area contributed by atoms with Crippen molar-refractivity contribution in [1.82, 2.24) is 19.6 Å². The van der Waals surface area contributed by atoms with Gasteiger partial charge in [0.15, 0.2) is 0 Å². The summed E-state index contributed by atoms with van der Waals surface area (Å²) in [5.41, 5.74) is 3.64. The molecule has 3 aromatic rings. The van der Waals surface area contributed by atoms with Gasteiger partial charge < -0.3 is 24.2 Å². The average molecular weight is 658 g/mol. The van der Waals surface area contributed by atoms with Crippen LogP contribution in [0, 0.1) is 17.8 Å². The van der Waals surface area contributed by atoms with Crippen LogP contribution in [-0.2, 0) is 37.3 Å². The number of hydrogen-bond acceptors (Lipinski definition) is 7. The summed E-state index contributed by atoms with van der Waals surface area (Å²) in [7, 11) is 7.35. The van der Waals surface area contributed by atoms with E-state index in [1.54, 1.807) is 6.08 Å². The van der Waals surface area contributed by atoms with Gasteiger partial charge in [0.1, 0.15) is 0 Å². The fourth-order valence-electron chi connectivity index (χ4n) is 7.11. The zero-order valence-corrected chi connectivity index (χ0v) is 29.1. The Labute approximate surface area is 284 Å². The van der Waals surface area contributed by atoms with E-state index in [1.807, 2.05) is 84.3 Å². The number of nitrogens with zero attached hydrogens (tertiary/aromatic N) is 5. The van der Waals surface area contributed by atoms with Crippen molar-refractivity contribution in [3.63, 3.8) is 0 Å².